The molecule has 0 saturated heterocycles. The summed E-state index contributed by atoms with van der Waals surface area (Å²) in [5.41, 5.74) is 1.32. The van der Waals surface area contributed by atoms with Crippen LogP contribution in [0, 0.1) is 9.49 Å². The monoisotopic (exact) mass is 349 g/mol. The summed E-state index contributed by atoms with van der Waals surface area (Å²) < 4.78 is 1.13. The molecule has 1 fully saturated rings. The highest BCUT2D eigenvalue weighted by Gasteiger charge is 2.22. The lowest BCUT2D eigenvalue weighted by Crippen LogP contribution is -2.23. The molecular formula is C13H17ClIN. The first-order valence-corrected chi connectivity index (χ1v) is 7.28. The zero-order valence-corrected chi connectivity index (χ0v) is 12.4. The molecule has 0 radical (unpaired) electrons. The molecule has 0 bridgehead atoms. The highest BCUT2D eigenvalue weighted by molar-refractivity contribution is 14.1. The van der Waals surface area contributed by atoms with Crippen LogP contribution < -0.4 is 5.32 Å². The van der Waals surface area contributed by atoms with E-state index in [4.69, 9.17) is 11.6 Å². The maximum atomic E-state index is 6.16. The molecule has 88 valence electrons. The molecule has 0 spiro atoms. The van der Waals surface area contributed by atoms with Crippen LogP contribution in [-0.4, -0.2) is 7.05 Å². The van der Waals surface area contributed by atoms with Gasteiger partial charge in [-0.15, -0.1) is 0 Å². The number of hydrogen-bond donors (Lipinski definition) is 1. The number of halogens is 2. The number of nitrogens with one attached hydrogen (secondary N) is 1. The first-order chi connectivity index (χ1) is 7.70. The minimum atomic E-state index is 0.458. The van der Waals surface area contributed by atoms with Crippen LogP contribution >= 0.6 is 34.2 Å². The third kappa shape index (κ3) is 2.90. The van der Waals surface area contributed by atoms with Gasteiger partial charge in [0.25, 0.3) is 0 Å². The van der Waals surface area contributed by atoms with Crippen LogP contribution in [0.3, 0.4) is 0 Å². The Morgan fingerprint density at radius 2 is 2.25 bits per heavy atom. The lowest BCUT2D eigenvalue weighted by molar-refractivity contribution is 0.265. The molecule has 1 aliphatic carbocycles. The third-order valence-corrected chi connectivity index (χ3v) is 5.06. The fourth-order valence-corrected chi connectivity index (χ4v) is 2.74. The molecule has 0 heterocycles. The van der Waals surface area contributed by atoms with Gasteiger partial charge in [-0.05, 0) is 59.7 Å². The minimum absolute atomic E-state index is 0.458. The summed E-state index contributed by atoms with van der Waals surface area (Å²) >= 11 is 8.43. The summed E-state index contributed by atoms with van der Waals surface area (Å²) in [6.45, 7) is 0. The lowest BCUT2D eigenvalue weighted by atomic mass is 9.79. The molecule has 1 atom stereocenters. The summed E-state index contributed by atoms with van der Waals surface area (Å²) in [7, 11) is 2.04. The van der Waals surface area contributed by atoms with Crippen molar-refractivity contribution in [2.45, 2.75) is 31.7 Å². The fraction of sp³-hybridized carbons (Fsp3) is 0.538. The van der Waals surface area contributed by atoms with Crippen molar-refractivity contribution in [1.82, 2.24) is 5.32 Å². The van der Waals surface area contributed by atoms with E-state index in [2.05, 4.69) is 46.1 Å². The van der Waals surface area contributed by atoms with E-state index in [0.717, 1.165) is 14.5 Å². The first-order valence-electron chi connectivity index (χ1n) is 5.83. The van der Waals surface area contributed by atoms with Crippen molar-refractivity contribution in [1.29, 1.82) is 0 Å². The smallest absolute Gasteiger partial charge is 0.0542 e. The van der Waals surface area contributed by atoms with Gasteiger partial charge in [0.15, 0.2) is 0 Å². The Morgan fingerprint density at radius 1 is 1.50 bits per heavy atom. The Hall–Kier alpha value is 0.200. The van der Waals surface area contributed by atoms with Gasteiger partial charge in [-0.3, -0.25) is 0 Å². The van der Waals surface area contributed by atoms with Crippen LogP contribution in [0.25, 0.3) is 0 Å². The van der Waals surface area contributed by atoms with E-state index < -0.39 is 0 Å². The van der Waals surface area contributed by atoms with Crippen LogP contribution in [-0.2, 0) is 0 Å². The van der Waals surface area contributed by atoms with Crippen molar-refractivity contribution >= 4 is 34.2 Å². The number of benzene rings is 1. The Kier molecular flexibility index (Phi) is 4.50. The molecular weight excluding hydrogens is 333 g/mol. The van der Waals surface area contributed by atoms with Crippen molar-refractivity contribution in [2.24, 2.45) is 5.92 Å². The second-order valence-electron chi connectivity index (χ2n) is 4.55. The molecule has 3 heteroatoms. The van der Waals surface area contributed by atoms with Gasteiger partial charge >= 0.3 is 0 Å². The fourth-order valence-electron chi connectivity index (χ4n) is 2.21. The van der Waals surface area contributed by atoms with Gasteiger partial charge in [-0.25, -0.2) is 0 Å². The van der Waals surface area contributed by atoms with Gasteiger partial charge in [-0.2, -0.15) is 0 Å². The van der Waals surface area contributed by atoms with Gasteiger partial charge in [0.2, 0.25) is 0 Å². The highest BCUT2D eigenvalue weighted by atomic mass is 127. The van der Waals surface area contributed by atoms with E-state index in [0.29, 0.717) is 6.04 Å². The molecule has 1 unspecified atom stereocenters. The third-order valence-electron chi connectivity index (χ3n) is 3.49. The predicted octanol–water partition coefficient (Wildman–Crippen LogP) is 4.40. The standard InChI is InChI=1S/C13H17ClIN/c1-16-13(7-9-3-2-4-9)10-5-6-12(15)11(14)8-10/h5-6,8-9,13,16H,2-4,7H2,1H3. The zero-order chi connectivity index (χ0) is 11.5. The van der Waals surface area contributed by atoms with E-state index in [9.17, 15) is 0 Å². The molecule has 2 rings (SSSR count). The summed E-state index contributed by atoms with van der Waals surface area (Å²) in [5.74, 6) is 0.913. The largest absolute Gasteiger partial charge is 0.313 e. The summed E-state index contributed by atoms with van der Waals surface area (Å²) in [6.07, 6.45) is 5.45. The molecule has 0 aromatic heterocycles. The molecule has 1 aromatic carbocycles. The minimum Gasteiger partial charge on any atom is -0.313 e. The SMILES string of the molecule is CNC(CC1CCC1)c1ccc(I)c(Cl)c1. The maximum Gasteiger partial charge on any atom is 0.0542 e. The zero-order valence-electron chi connectivity index (χ0n) is 9.47. The second-order valence-corrected chi connectivity index (χ2v) is 6.12. The number of hydrogen-bond acceptors (Lipinski definition) is 1. The Balaban J connectivity index is 2.09. The Morgan fingerprint density at radius 3 is 2.75 bits per heavy atom. The maximum absolute atomic E-state index is 6.16. The molecule has 1 aliphatic rings. The molecule has 0 amide bonds. The van der Waals surface area contributed by atoms with Crippen LogP contribution in [0.15, 0.2) is 18.2 Å². The van der Waals surface area contributed by atoms with Gasteiger partial charge < -0.3 is 5.32 Å². The van der Waals surface area contributed by atoms with Crippen LogP contribution in [0.5, 0.6) is 0 Å². The number of rotatable bonds is 4. The molecule has 0 aliphatic heterocycles. The van der Waals surface area contributed by atoms with Crippen LogP contribution in [0.2, 0.25) is 5.02 Å². The van der Waals surface area contributed by atoms with Gasteiger partial charge in [0, 0.05) is 9.61 Å². The van der Waals surface area contributed by atoms with Crippen molar-refractivity contribution in [3.63, 3.8) is 0 Å². The van der Waals surface area contributed by atoms with Crippen molar-refractivity contribution in [3.8, 4) is 0 Å². The van der Waals surface area contributed by atoms with E-state index in [1.54, 1.807) is 0 Å². The first kappa shape index (κ1) is 12.7. The molecule has 1 nitrogen and oxygen atoms in total. The molecule has 1 aromatic rings. The lowest BCUT2D eigenvalue weighted by Gasteiger charge is -2.29. The van der Waals surface area contributed by atoms with Gasteiger partial charge in [-0.1, -0.05) is 36.9 Å². The average Bonchev–Trinajstić information content (AvgIpc) is 2.21. The van der Waals surface area contributed by atoms with Crippen molar-refractivity contribution in [2.75, 3.05) is 7.05 Å². The highest BCUT2D eigenvalue weighted by Crippen LogP contribution is 2.35. The van der Waals surface area contributed by atoms with E-state index in [1.165, 1.54) is 31.2 Å². The molecule has 16 heavy (non-hydrogen) atoms. The van der Waals surface area contributed by atoms with E-state index in [1.807, 2.05) is 7.05 Å². The summed E-state index contributed by atoms with van der Waals surface area (Å²) in [4.78, 5) is 0. The van der Waals surface area contributed by atoms with Crippen LogP contribution in [0.4, 0.5) is 0 Å². The van der Waals surface area contributed by atoms with Gasteiger partial charge in [0.05, 0.1) is 5.02 Å². The van der Waals surface area contributed by atoms with Crippen LogP contribution in [0.1, 0.15) is 37.3 Å². The van der Waals surface area contributed by atoms with E-state index >= 15 is 0 Å². The topological polar surface area (TPSA) is 12.0 Å². The van der Waals surface area contributed by atoms with E-state index in [-0.39, 0.29) is 0 Å². The Bertz CT molecular complexity index is 363. The summed E-state index contributed by atoms with van der Waals surface area (Å²) in [6, 6.07) is 6.85. The quantitative estimate of drug-likeness (QED) is 0.795. The molecule has 1 N–H and O–H groups in total. The summed E-state index contributed by atoms with van der Waals surface area (Å²) in [5, 5.41) is 4.27. The molecule has 1 saturated carbocycles. The second kappa shape index (κ2) is 5.69. The Labute approximate surface area is 116 Å². The average molecular weight is 350 g/mol. The van der Waals surface area contributed by atoms with Crippen molar-refractivity contribution < 1.29 is 0 Å². The predicted molar refractivity (Wildman–Crippen MR) is 77.9 cm³/mol. The van der Waals surface area contributed by atoms with Gasteiger partial charge in [0.1, 0.15) is 0 Å². The normalized spacial score (nSPS) is 18.2. The van der Waals surface area contributed by atoms with Crippen molar-refractivity contribution in [3.05, 3.63) is 32.4 Å².